The minimum absolute atomic E-state index is 0.0994. The number of nitrogens with one attached hydrogen (secondary N) is 2. The standard InChI is InChI=1S/C21H20F2N4O2/c1-13-25-18(12-19(26-13)27-20-16(22)7-4-8-17(20)23)21(28)24-10-9-14-5-3-6-15(11-14)29-2/h3-8,11-12H,9-10H2,1-2H3,(H,24,28)(H,25,26,27). The van der Waals surface area contributed by atoms with Gasteiger partial charge in [-0.2, -0.15) is 0 Å². The lowest BCUT2D eigenvalue weighted by Crippen LogP contribution is -2.27. The van der Waals surface area contributed by atoms with Gasteiger partial charge in [0.2, 0.25) is 0 Å². The molecule has 0 bridgehead atoms. The van der Waals surface area contributed by atoms with Crippen molar-refractivity contribution in [1.29, 1.82) is 0 Å². The molecule has 0 aliphatic carbocycles. The Balaban J connectivity index is 1.67. The molecule has 6 nitrogen and oxygen atoms in total. The number of anilines is 2. The minimum Gasteiger partial charge on any atom is -0.497 e. The van der Waals surface area contributed by atoms with Gasteiger partial charge in [0.15, 0.2) is 0 Å². The molecule has 0 saturated heterocycles. The lowest BCUT2D eigenvalue weighted by Gasteiger charge is -2.10. The number of carbonyl (C=O) groups excluding carboxylic acids is 1. The fourth-order valence-electron chi connectivity index (χ4n) is 2.73. The highest BCUT2D eigenvalue weighted by Crippen LogP contribution is 2.22. The summed E-state index contributed by atoms with van der Waals surface area (Å²) in [5.74, 6) is -0.757. The first kappa shape index (κ1) is 20.2. The van der Waals surface area contributed by atoms with Gasteiger partial charge in [0.25, 0.3) is 5.91 Å². The fourth-order valence-corrected chi connectivity index (χ4v) is 2.73. The van der Waals surface area contributed by atoms with Gasteiger partial charge in [-0.1, -0.05) is 18.2 Å². The summed E-state index contributed by atoms with van der Waals surface area (Å²) in [6.07, 6.45) is 0.610. The van der Waals surface area contributed by atoms with Crippen molar-refractivity contribution in [3.8, 4) is 5.75 Å². The van der Waals surface area contributed by atoms with E-state index in [0.29, 0.717) is 18.8 Å². The molecular weight excluding hydrogens is 378 g/mol. The minimum atomic E-state index is -0.759. The van der Waals surface area contributed by atoms with Crippen LogP contribution < -0.4 is 15.4 Å². The number of para-hydroxylation sites is 1. The molecule has 8 heteroatoms. The molecule has 0 radical (unpaired) electrons. The third kappa shape index (κ3) is 5.25. The highest BCUT2D eigenvalue weighted by atomic mass is 19.1. The Morgan fingerprint density at radius 2 is 1.79 bits per heavy atom. The van der Waals surface area contributed by atoms with Gasteiger partial charge < -0.3 is 15.4 Å². The van der Waals surface area contributed by atoms with Crippen LogP contribution in [0.4, 0.5) is 20.3 Å². The van der Waals surface area contributed by atoms with Crippen molar-refractivity contribution in [2.24, 2.45) is 0 Å². The summed E-state index contributed by atoms with van der Waals surface area (Å²) < 4.78 is 32.9. The molecule has 0 spiro atoms. The van der Waals surface area contributed by atoms with Gasteiger partial charge in [0.05, 0.1) is 7.11 Å². The molecule has 1 aromatic heterocycles. The molecule has 1 heterocycles. The molecule has 0 aliphatic heterocycles. The Labute approximate surface area is 167 Å². The van der Waals surface area contributed by atoms with Crippen molar-refractivity contribution in [3.05, 3.63) is 77.2 Å². The van der Waals surface area contributed by atoms with E-state index in [1.165, 1.54) is 12.1 Å². The van der Waals surface area contributed by atoms with Crippen molar-refractivity contribution >= 4 is 17.4 Å². The van der Waals surface area contributed by atoms with Crippen LogP contribution in [0.3, 0.4) is 0 Å². The van der Waals surface area contributed by atoms with Gasteiger partial charge >= 0.3 is 0 Å². The van der Waals surface area contributed by atoms with Gasteiger partial charge in [-0.25, -0.2) is 18.7 Å². The number of hydrogen-bond acceptors (Lipinski definition) is 5. The second kappa shape index (κ2) is 9.09. The largest absolute Gasteiger partial charge is 0.497 e. The Morgan fingerprint density at radius 3 is 2.52 bits per heavy atom. The normalized spacial score (nSPS) is 10.5. The number of aryl methyl sites for hydroxylation is 1. The average Bonchev–Trinajstić information content (AvgIpc) is 2.70. The lowest BCUT2D eigenvalue weighted by atomic mass is 10.1. The number of aromatic nitrogens is 2. The monoisotopic (exact) mass is 398 g/mol. The molecule has 29 heavy (non-hydrogen) atoms. The van der Waals surface area contributed by atoms with Crippen LogP contribution in [0.5, 0.6) is 5.75 Å². The molecule has 2 N–H and O–H groups in total. The van der Waals surface area contributed by atoms with Crippen LogP contribution in [0.25, 0.3) is 0 Å². The van der Waals surface area contributed by atoms with Crippen LogP contribution in [-0.4, -0.2) is 29.5 Å². The molecule has 0 saturated carbocycles. The van der Waals surface area contributed by atoms with E-state index in [1.807, 2.05) is 24.3 Å². The zero-order chi connectivity index (χ0) is 20.8. The van der Waals surface area contributed by atoms with E-state index in [9.17, 15) is 13.6 Å². The Bertz CT molecular complexity index is 1010. The van der Waals surface area contributed by atoms with Crippen LogP contribution in [0.15, 0.2) is 48.5 Å². The number of nitrogens with zero attached hydrogens (tertiary/aromatic N) is 2. The SMILES string of the molecule is COc1cccc(CCNC(=O)c2cc(Nc3c(F)cccc3F)nc(C)n2)c1. The Hall–Kier alpha value is -3.55. The zero-order valence-electron chi connectivity index (χ0n) is 16.0. The predicted molar refractivity (Wildman–Crippen MR) is 105 cm³/mol. The molecule has 0 fully saturated rings. The van der Waals surface area contributed by atoms with E-state index >= 15 is 0 Å². The van der Waals surface area contributed by atoms with Gasteiger partial charge in [0, 0.05) is 12.6 Å². The molecule has 3 aromatic rings. The molecular formula is C21H20F2N4O2. The summed E-state index contributed by atoms with van der Waals surface area (Å²) in [7, 11) is 1.59. The smallest absolute Gasteiger partial charge is 0.270 e. The third-order valence-electron chi connectivity index (χ3n) is 4.12. The van der Waals surface area contributed by atoms with Crippen molar-refractivity contribution in [1.82, 2.24) is 15.3 Å². The predicted octanol–water partition coefficient (Wildman–Crippen LogP) is 3.79. The molecule has 1 amide bonds. The summed E-state index contributed by atoms with van der Waals surface area (Å²) in [5, 5.41) is 5.36. The van der Waals surface area contributed by atoms with Gasteiger partial charge in [0.1, 0.15) is 40.4 Å². The molecule has 0 atom stereocenters. The molecule has 0 aliphatic rings. The lowest BCUT2D eigenvalue weighted by molar-refractivity contribution is 0.0949. The van der Waals surface area contributed by atoms with Crippen molar-refractivity contribution in [3.63, 3.8) is 0 Å². The van der Waals surface area contributed by atoms with Crippen molar-refractivity contribution in [2.75, 3.05) is 19.0 Å². The number of amides is 1. The van der Waals surface area contributed by atoms with Crippen LogP contribution in [0.2, 0.25) is 0 Å². The first-order chi connectivity index (χ1) is 14.0. The number of ether oxygens (including phenoxy) is 1. The number of benzene rings is 2. The van der Waals surface area contributed by atoms with E-state index in [-0.39, 0.29) is 17.2 Å². The zero-order valence-corrected chi connectivity index (χ0v) is 16.0. The summed E-state index contributed by atoms with van der Waals surface area (Å²) >= 11 is 0. The van der Waals surface area contributed by atoms with E-state index in [4.69, 9.17) is 4.74 Å². The maximum Gasteiger partial charge on any atom is 0.270 e. The van der Waals surface area contributed by atoms with Crippen LogP contribution in [0, 0.1) is 18.6 Å². The maximum atomic E-state index is 13.8. The average molecular weight is 398 g/mol. The number of methoxy groups -OCH3 is 1. The van der Waals surface area contributed by atoms with Crippen LogP contribution in [-0.2, 0) is 6.42 Å². The van der Waals surface area contributed by atoms with E-state index in [2.05, 4.69) is 20.6 Å². The second-order valence-electron chi connectivity index (χ2n) is 6.26. The highest BCUT2D eigenvalue weighted by Gasteiger charge is 2.13. The molecule has 2 aromatic carbocycles. The number of halogens is 2. The topological polar surface area (TPSA) is 76.1 Å². The summed E-state index contributed by atoms with van der Waals surface area (Å²) in [5.41, 5.74) is 0.776. The molecule has 150 valence electrons. The Morgan fingerprint density at radius 1 is 1.07 bits per heavy atom. The van der Waals surface area contributed by atoms with E-state index < -0.39 is 17.5 Å². The number of carbonyl (C=O) groups is 1. The summed E-state index contributed by atoms with van der Waals surface area (Å²) in [6, 6.07) is 12.4. The van der Waals surface area contributed by atoms with Crippen LogP contribution >= 0.6 is 0 Å². The third-order valence-corrected chi connectivity index (χ3v) is 4.12. The Kier molecular flexibility index (Phi) is 6.33. The van der Waals surface area contributed by atoms with Crippen molar-refractivity contribution in [2.45, 2.75) is 13.3 Å². The summed E-state index contributed by atoms with van der Waals surface area (Å²) in [4.78, 5) is 20.6. The second-order valence-corrected chi connectivity index (χ2v) is 6.26. The number of hydrogen-bond donors (Lipinski definition) is 2. The number of rotatable bonds is 7. The highest BCUT2D eigenvalue weighted by molar-refractivity contribution is 5.93. The van der Waals surface area contributed by atoms with Gasteiger partial charge in [-0.3, -0.25) is 4.79 Å². The first-order valence-corrected chi connectivity index (χ1v) is 8.94. The molecule has 0 unspecified atom stereocenters. The summed E-state index contributed by atoms with van der Waals surface area (Å²) in [6.45, 7) is 1.98. The fraction of sp³-hybridized carbons (Fsp3) is 0.190. The van der Waals surface area contributed by atoms with Gasteiger partial charge in [-0.05, 0) is 43.2 Å². The van der Waals surface area contributed by atoms with E-state index in [1.54, 1.807) is 14.0 Å². The maximum absolute atomic E-state index is 13.8. The molecule has 3 rings (SSSR count). The van der Waals surface area contributed by atoms with E-state index in [0.717, 1.165) is 23.4 Å². The van der Waals surface area contributed by atoms with Crippen molar-refractivity contribution < 1.29 is 18.3 Å². The van der Waals surface area contributed by atoms with Crippen LogP contribution in [0.1, 0.15) is 21.9 Å². The van der Waals surface area contributed by atoms with Gasteiger partial charge in [-0.15, -0.1) is 0 Å². The first-order valence-electron chi connectivity index (χ1n) is 8.94. The quantitative estimate of drug-likeness (QED) is 0.633.